The lowest BCUT2D eigenvalue weighted by Gasteiger charge is -2.37. The zero-order valence-corrected chi connectivity index (χ0v) is 18.8. The van der Waals surface area contributed by atoms with Gasteiger partial charge in [-0.3, -0.25) is 9.78 Å². The molecule has 0 saturated carbocycles. The van der Waals surface area contributed by atoms with E-state index in [2.05, 4.69) is 58.8 Å². The quantitative estimate of drug-likeness (QED) is 0.438. The van der Waals surface area contributed by atoms with Crippen LogP contribution in [0.25, 0.3) is 0 Å². The fourth-order valence-corrected chi connectivity index (χ4v) is 4.41. The Balaban J connectivity index is 1.34. The molecule has 0 aliphatic carbocycles. The summed E-state index contributed by atoms with van der Waals surface area (Å²) >= 11 is 0. The fraction of sp³-hybridized carbons (Fsp3) is 0.222. The lowest BCUT2D eigenvalue weighted by Crippen LogP contribution is -2.38. The highest BCUT2D eigenvalue weighted by Gasteiger charge is 2.37. The second-order valence-electron chi connectivity index (χ2n) is 9.10. The normalized spacial score (nSPS) is 16.5. The van der Waals surface area contributed by atoms with Crippen LogP contribution in [-0.4, -0.2) is 20.7 Å². The van der Waals surface area contributed by atoms with E-state index in [0.717, 1.165) is 30.0 Å². The molecule has 1 atom stereocenters. The molecule has 6 nitrogen and oxygen atoms in total. The van der Waals surface area contributed by atoms with E-state index >= 15 is 0 Å². The topological polar surface area (TPSA) is 71.8 Å². The Bertz CT molecular complexity index is 1250. The highest BCUT2D eigenvalue weighted by Crippen LogP contribution is 2.39. The molecule has 4 aromatic rings. The van der Waals surface area contributed by atoms with E-state index < -0.39 is 0 Å². The highest BCUT2D eigenvalue weighted by atomic mass is 16.1. The summed E-state index contributed by atoms with van der Waals surface area (Å²) in [5.74, 6) is 0.539. The van der Waals surface area contributed by atoms with Crippen molar-refractivity contribution in [2.75, 3.05) is 10.6 Å². The molecule has 2 N–H and O–H groups in total. The predicted octanol–water partition coefficient (Wildman–Crippen LogP) is 5.41. The molecule has 0 fully saturated rings. The van der Waals surface area contributed by atoms with Gasteiger partial charge in [0.25, 0.3) is 5.91 Å². The van der Waals surface area contributed by atoms with Gasteiger partial charge in [-0.25, -0.2) is 4.68 Å². The minimum atomic E-state index is -0.250. The van der Waals surface area contributed by atoms with Gasteiger partial charge in [-0.05, 0) is 62.1 Å². The van der Waals surface area contributed by atoms with Crippen LogP contribution in [-0.2, 0) is 12.0 Å². The molecule has 6 heteroatoms. The van der Waals surface area contributed by atoms with Crippen LogP contribution in [0.3, 0.4) is 0 Å². The molecule has 1 unspecified atom stereocenters. The number of anilines is 2. The van der Waals surface area contributed by atoms with Gasteiger partial charge in [-0.1, -0.05) is 48.5 Å². The van der Waals surface area contributed by atoms with Gasteiger partial charge in [0.05, 0.1) is 23.5 Å². The Kier molecular flexibility index (Phi) is 5.42. The van der Waals surface area contributed by atoms with Gasteiger partial charge in [0.2, 0.25) is 0 Å². The molecule has 1 aliphatic rings. The number of aromatic nitrogens is 3. The Hall–Kier alpha value is -3.93. The largest absolute Gasteiger partial charge is 0.361 e. The first kappa shape index (κ1) is 20.9. The average molecular weight is 438 g/mol. The van der Waals surface area contributed by atoms with Gasteiger partial charge in [-0.2, -0.15) is 5.10 Å². The lowest BCUT2D eigenvalue weighted by atomic mass is 9.91. The zero-order chi connectivity index (χ0) is 22.8. The Morgan fingerprint density at radius 3 is 2.48 bits per heavy atom. The van der Waals surface area contributed by atoms with Crippen LogP contribution in [0, 0.1) is 0 Å². The molecule has 2 aromatic heterocycles. The molecule has 0 spiro atoms. The summed E-state index contributed by atoms with van der Waals surface area (Å²) in [6, 6.07) is 24.2. The molecule has 0 bridgehead atoms. The zero-order valence-electron chi connectivity index (χ0n) is 18.8. The molecular weight excluding hydrogens is 410 g/mol. The maximum Gasteiger partial charge on any atom is 0.261 e. The first-order valence-electron chi connectivity index (χ1n) is 11.2. The van der Waals surface area contributed by atoms with E-state index in [9.17, 15) is 4.79 Å². The van der Waals surface area contributed by atoms with Gasteiger partial charge >= 0.3 is 0 Å². The molecule has 2 aromatic carbocycles. The minimum absolute atomic E-state index is 0.00854. The summed E-state index contributed by atoms with van der Waals surface area (Å²) in [7, 11) is 0. The first-order chi connectivity index (χ1) is 16.0. The maximum atomic E-state index is 13.2. The van der Waals surface area contributed by atoms with E-state index in [0.29, 0.717) is 5.56 Å². The van der Waals surface area contributed by atoms with Crippen molar-refractivity contribution in [3.63, 3.8) is 0 Å². The third kappa shape index (κ3) is 4.37. The van der Waals surface area contributed by atoms with Crippen molar-refractivity contribution in [3.8, 4) is 0 Å². The van der Waals surface area contributed by atoms with Gasteiger partial charge < -0.3 is 10.6 Å². The van der Waals surface area contributed by atoms with E-state index in [4.69, 9.17) is 0 Å². The molecule has 5 rings (SSSR count). The monoisotopic (exact) mass is 437 g/mol. The van der Waals surface area contributed by atoms with Gasteiger partial charge in [-0.15, -0.1) is 0 Å². The number of rotatable bonds is 5. The molecule has 3 heterocycles. The Morgan fingerprint density at radius 2 is 1.76 bits per heavy atom. The molecular formula is C27H27N5O. The van der Waals surface area contributed by atoms with E-state index in [-0.39, 0.29) is 17.5 Å². The summed E-state index contributed by atoms with van der Waals surface area (Å²) < 4.78 is 1.91. The average Bonchev–Trinajstić information content (AvgIpc) is 3.27. The van der Waals surface area contributed by atoms with Crippen molar-refractivity contribution < 1.29 is 4.79 Å². The summed E-state index contributed by atoms with van der Waals surface area (Å²) in [4.78, 5) is 17.7. The number of nitrogens with one attached hydrogen (secondary N) is 2. The highest BCUT2D eigenvalue weighted by molar-refractivity contribution is 6.07. The number of hydrogen-bond donors (Lipinski definition) is 2. The first-order valence-corrected chi connectivity index (χ1v) is 11.2. The molecule has 33 heavy (non-hydrogen) atoms. The summed E-state index contributed by atoms with van der Waals surface area (Å²) in [5, 5.41) is 11.1. The minimum Gasteiger partial charge on any atom is -0.361 e. The standard InChI is InChI=1S/C27H27N5O/c1-27(2)17-24(23-10-6-7-15-28-23)31-25-22(18-29-32(25)27)26(33)30-21-13-11-20(12-14-21)16-19-8-4-3-5-9-19/h3-15,18,24,31H,16-17H2,1-2H3,(H,30,33). The van der Waals surface area contributed by atoms with Crippen molar-refractivity contribution >= 4 is 17.4 Å². The number of pyridine rings is 1. The second kappa shape index (κ2) is 8.54. The van der Waals surface area contributed by atoms with Gasteiger partial charge in [0, 0.05) is 11.9 Å². The van der Waals surface area contributed by atoms with Crippen LogP contribution in [0.2, 0.25) is 0 Å². The third-order valence-electron chi connectivity index (χ3n) is 6.11. The molecule has 0 radical (unpaired) electrons. The van der Waals surface area contributed by atoms with Crippen molar-refractivity contribution in [2.24, 2.45) is 0 Å². The van der Waals surface area contributed by atoms with Crippen molar-refractivity contribution in [2.45, 2.75) is 38.3 Å². The van der Waals surface area contributed by atoms with Gasteiger partial charge in [0.1, 0.15) is 11.4 Å². The summed E-state index contributed by atoms with van der Waals surface area (Å²) in [5.41, 5.74) is 4.45. The molecule has 1 aliphatic heterocycles. The van der Waals surface area contributed by atoms with Gasteiger partial charge in [0.15, 0.2) is 0 Å². The van der Waals surface area contributed by atoms with E-state index in [1.807, 2.05) is 53.2 Å². The van der Waals surface area contributed by atoms with E-state index in [1.54, 1.807) is 12.4 Å². The SMILES string of the molecule is CC1(C)CC(c2ccccn2)Nc2c(C(=O)Nc3ccc(Cc4ccccc4)cc3)cnn21. The summed E-state index contributed by atoms with van der Waals surface area (Å²) in [6.07, 6.45) is 5.12. The predicted molar refractivity (Wildman–Crippen MR) is 130 cm³/mol. The number of fused-ring (bicyclic) bond motifs is 1. The molecule has 166 valence electrons. The van der Waals surface area contributed by atoms with Crippen molar-refractivity contribution in [1.82, 2.24) is 14.8 Å². The number of benzene rings is 2. The van der Waals surface area contributed by atoms with E-state index in [1.165, 1.54) is 11.1 Å². The van der Waals surface area contributed by atoms with Crippen LogP contribution >= 0.6 is 0 Å². The second-order valence-corrected chi connectivity index (χ2v) is 9.10. The smallest absolute Gasteiger partial charge is 0.261 e. The lowest BCUT2D eigenvalue weighted by molar-refractivity contribution is 0.102. The van der Waals surface area contributed by atoms with Crippen LogP contribution in [0.1, 0.15) is 53.5 Å². The van der Waals surface area contributed by atoms with Crippen molar-refractivity contribution in [1.29, 1.82) is 0 Å². The number of carbonyl (C=O) groups is 1. The Morgan fingerprint density at radius 1 is 1.03 bits per heavy atom. The number of carbonyl (C=O) groups excluding carboxylic acids is 1. The number of nitrogens with zero attached hydrogens (tertiary/aromatic N) is 3. The Labute approximate surface area is 193 Å². The van der Waals surface area contributed by atoms with Crippen LogP contribution in [0.15, 0.2) is 85.2 Å². The van der Waals surface area contributed by atoms with Crippen molar-refractivity contribution in [3.05, 3.63) is 108 Å². The van der Waals surface area contributed by atoms with Crippen LogP contribution in [0.4, 0.5) is 11.5 Å². The number of amides is 1. The maximum absolute atomic E-state index is 13.2. The molecule has 0 saturated heterocycles. The van der Waals surface area contributed by atoms with Crippen LogP contribution < -0.4 is 10.6 Å². The summed E-state index contributed by atoms with van der Waals surface area (Å²) in [6.45, 7) is 4.26. The third-order valence-corrected chi connectivity index (χ3v) is 6.11. The molecule has 1 amide bonds. The van der Waals surface area contributed by atoms with Crippen LogP contribution in [0.5, 0.6) is 0 Å². The fourth-order valence-electron chi connectivity index (χ4n) is 4.41. The number of hydrogen-bond acceptors (Lipinski definition) is 4.